The first kappa shape index (κ1) is 18.5. The highest BCUT2D eigenvalue weighted by molar-refractivity contribution is 8.00. The minimum atomic E-state index is 0.217. The molecule has 0 N–H and O–H groups in total. The van der Waals surface area contributed by atoms with Crippen molar-refractivity contribution in [1.29, 1.82) is 0 Å². The molecule has 1 amide bonds. The van der Waals surface area contributed by atoms with Gasteiger partial charge in [-0.15, -0.1) is 11.8 Å². The molecule has 0 aromatic heterocycles. The highest BCUT2D eigenvalue weighted by Gasteiger charge is 2.27. The molecule has 4 rings (SSSR count). The second-order valence-corrected chi connectivity index (χ2v) is 9.04. The largest absolute Gasteiger partial charge is 0.368 e. The van der Waals surface area contributed by atoms with Crippen LogP contribution in [0.2, 0.25) is 5.02 Å². The monoisotopic (exact) mass is 401 g/mol. The lowest BCUT2D eigenvalue weighted by molar-refractivity contribution is -0.130. The molecule has 1 atom stereocenters. The summed E-state index contributed by atoms with van der Waals surface area (Å²) in [5.74, 6) is 0.217. The molecule has 2 aromatic carbocycles. The van der Waals surface area contributed by atoms with Crippen LogP contribution in [-0.4, -0.2) is 55.3 Å². The van der Waals surface area contributed by atoms with Gasteiger partial charge in [-0.1, -0.05) is 36.7 Å². The summed E-state index contributed by atoms with van der Waals surface area (Å²) < 4.78 is 0. The summed E-state index contributed by atoms with van der Waals surface area (Å²) >= 11 is 8.00. The van der Waals surface area contributed by atoms with Crippen molar-refractivity contribution in [2.24, 2.45) is 0 Å². The van der Waals surface area contributed by atoms with E-state index in [-0.39, 0.29) is 5.91 Å². The number of rotatable bonds is 3. The van der Waals surface area contributed by atoms with Crippen molar-refractivity contribution in [3.8, 4) is 0 Å². The number of thioether (sulfide) groups is 1. The number of carbonyl (C=O) groups excluding carboxylic acids is 1. The highest BCUT2D eigenvalue weighted by atomic mass is 35.5. The normalized spacial score (nSPS) is 19.8. The number of carbonyl (C=O) groups is 1. The Labute approximate surface area is 170 Å². The molecule has 1 fully saturated rings. The Bertz CT molecular complexity index is 823. The van der Waals surface area contributed by atoms with Gasteiger partial charge < -0.3 is 14.7 Å². The number of nitrogens with zero attached hydrogens (tertiary/aromatic N) is 3. The summed E-state index contributed by atoms with van der Waals surface area (Å²) in [6.45, 7) is 6.79. The number of anilines is 2. The summed E-state index contributed by atoms with van der Waals surface area (Å²) in [7, 11) is 0. The van der Waals surface area contributed by atoms with Crippen molar-refractivity contribution in [3.05, 3.63) is 53.6 Å². The number of para-hydroxylation sites is 1. The summed E-state index contributed by atoms with van der Waals surface area (Å²) in [4.78, 5) is 20.7. The molecule has 142 valence electrons. The molecule has 0 unspecified atom stereocenters. The van der Waals surface area contributed by atoms with Gasteiger partial charge in [0.15, 0.2) is 0 Å². The fraction of sp³-hybridized carbons (Fsp3) is 0.381. The summed E-state index contributed by atoms with van der Waals surface area (Å²) in [6, 6.07) is 16.3. The van der Waals surface area contributed by atoms with Gasteiger partial charge >= 0.3 is 0 Å². The lowest BCUT2D eigenvalue weighted by Crippen LogP contribution is -2.52. The number of hydrogen-bond acceptors (Lipinski definition) is 4. The van der Waals surface area contributed by atoms with Gasteiger partial charge in [-0.2, -0.15) is 0 Å². The fourth-order valence-electron chi connectivity index (χ4n) is 3.78. The van der Waals surface area contributed by atoms with Crippen LogP contribution in [0.5, 0.6) is 0 Å². The molecule has 2 aliphatic heterocycles. The Kier molecular flexibility index (Phi) is 5.50. The van der Waals surface area contributed by atoms with Gasteiger partial charge in [-0.25, -0.2) is 0 Å². The zero-order valence-corrected chi connectivity index (χ0v) is 17.0. The van der Waals surface area contributed by atoms with Gasteiger partial charge in [-0.05, 0) is 30.3 Å². The number of piperazine rings is 1. The molecule has 27 heavy (non-hydrogen) atoms. The van der Waals surface area contributed by atoms with E-state index in [0.717, 1.165) is 43.4 Å². The quantitative estimate of drug-likeness (QED) is 0.777. The maximum absolute atomic E-state index is 12.9. The van der Waals surface area contributed by atoms with Crippen LogP contribution in [0.15, 0.2) is 53.4 Å². The first-order valence-electron chi connectivity index (χ1n) is 9.39. The topological polar surface area (TPSA) is 26.8 Å². The molecule has 2 aliphatic rings. The third kappa shape index (κ3) is 4.19. The Balaban J connectivity index is 1.38. The van der Waals surface area contributed by atoms with Gasteiger partial charge in [0.25, 0.3) is 0 Å². The van der Waals surface area contributed by atoms with Gasteiger partial charge in [-0.3, -0.25) is 4.79 Å². The number of hydrogen-bond donors (Lipinski definition) is 0. The summed E-state index contributed by atoms with van der Waals surface area (Å²) in [5.41, 5.74) is 2.32. The van der Waals surface area contributed by atoms with Gasteiger partial charge in [0.2, 0.25) is 5.91 Å². The van der Waals surface area contributed by atoms with Crippen LogP contribution in [0.25, 0.3) is 0 Å². The van der Waals surface area contributed by atoms with Crippen molar-refractivity contribution in [3.63, 3.8) is 0 Å². The molecular formula is C21H24ClN3OS. The van der Waals surface area contributed by atoms with Crippen LogP contribution in [-0.2, 0) is 4.79 Å². The van der Waals surface area contributed by atoms with E-state index < -0.39 is 0 Å². The summed E-state index contributed by atoms with van der Waals surface area (Å²) in [5, 5.41) is 1.24. The lowest BCUT2D eigenvalue weighted by atomic mass is 10.2. The van der Waals surface area contributed by atoms with Gasteiger partial charge in [0, 0.05) is 53.6 Å². The number of halogens is 1. The van der Waals surface area contributed by atoms with Crippen LogP contribution in [0.4, 0.5) is 11.4 Å². The molecule has 0 saturated carbocycles. The molecule has 6 heteroatoms. The summed E-state index contributed by atoms with van der Waals surface area (Å²) in [6.07, 6.45) is 0. The van der Waals surface area contributed by atoms with E-state index in [4.69, 9.17) is 11.6 Å². The fourth-order valence-corrected chi connectivity index (χ4v) is 5.13. The second kappa shape index (κ2) is 8.03. The standard InChI is InChI=1S/C21H24ClN3OS/c1-16-14-25(19-7-2-3-8-20(19)27-16)15-21(26)24-11-9-23(10-12-24)18-6-4-5-17(22)13-18/h2-8,13,16H,9-12,14-15H2,1H3/t16-/m1/s1. The Morgan fingerprint density at radius 2 is 1.89 bits per heavy atom. The molecular weight excluding hydrogens is 378 g/mol. The van der Waals surface area contributed by atoms with E-state index in [0.29, 0.717) is 11.8 Å². The minimum Gasteiger partial charge on any atom is -0.368 e. The van der Waals surface area contributed by atoms with E-state index in [1.54, 1.807) is 0 Å². The van der Waals surface area contributed by atoms with E-state index in [1.165, 1.54) is 10.6 Å². The van der Waals surface area contributed by atoms with Crippen molar-refractivity contribution in [1.82, 2.24) is 4.90 Å². The number of benzene rings is 2. The predicted molar refractivity (Wildman–Crippen MR) is 114 cm³/mol. The van der Waals surface area contributed by atoms with Crippen LogP contribution in [0, 0.1) is 0 Å². The Morgan fingerprint density at radius 3 is 2.67 bits per heavy atom. The average Bonchev–Trinajstić information content (AvgIpc) is 2.68. The number of fused-ring (bicyclic) bond motifs is 1. The van der Waals surface area contributed by atoms with Gasteiger partial charge in [0.05, 0.1) is 12.2 Å². The smallest absolute Gasteiger partial charge is 0.242 e. The lowest BCUT2D eigenvalue weighted by Gasteiger charge is -2.39. The molecule has 2 heterocycles. The molecule has 0 spiro atoms. The van der Waals surface area contributed by atoms with E-state index in [1.807, 2.05) is 34.9 Å². The first-order chi connectivity index (χ1) is 13.1. The van der Waals surface area contributed by atoms with Crippen LogP contribution in [0.3, 0.4) is 0 Å². The second-order valence-electron chi connectivity index (χ2n) is 7.12. The zero-order chi connectivity index (χ0) is 18.8. The maximum atomic E-state index is 12.9. The van der Waals surface area contributed by atoms with E-state index >= 15 is 0 Å². The minimum absolute atomic E-state index is 0.217. The zero-order valence-electron chi connectivity index (χ0n) is 15.5. The van der Waals surface area contributed by atoms with Gasteiger partial charge in [0.1, 0.15) is 0 Å². The Hall–Kier alpha value is -1.85. The van der Waals surface area contributed by atoms with E-state index in [2.05, 4.69) is 47.1 Å². The third-order valence-corrected chi connectivity index (χ3v) is 6.53. The molecule has 0 bridgehead atoms. The van der Waals surface area contributed by atoms with Crippen LogP contribution < -0.4 is 9.80 Å². The molecule has 4 nitrogen and oxygen atoms in total. The number of amides is 1. The maximum Gasteiger partial charge on any atom is 0.242 e. The van der Waals surface area contributed by atoms with Crippen molar-refractivity contribution >= 4 is 40.6 Å². The molecule has 0 aliphatic carbocycles. The van der Waals surface area contributed by atoms with Crippen molar-refractivity contribution < 1.29 is 4.79 Å². The molecule has 1 saturated heterocycles. The highest BCUT2D eigenvalue weighted by Crippen LogP contribution is 2.37. The average molecular weight is 402 g/mol. The van der Waals surface area contributed by atoms with Crippen molar-refractivity contribution in [2.75, 3.05) is 49.1 Å². The Morgan fingerprint density at radius 1 is 1.11 bits per heavy atom. The third-order valence-electron chi connectivity index (χ3n) is 5.14. The molecule has 0 radical (unpaired) electrons. The van der Waals surface area contributed by atoms with Crippen LogP contribution in [0.1, 0.15) is 6.92 Å². The first-order valence-corrected chi connectivity index (χ1v) is 10.6. The predicted octanol–water partition coefficient (Wildman–Crippen LogP) is 3.99. The van der Waals surface area contributed by atoms with E-state index in [9.17, 15) is 4.79 Å². The van der Waals surface area contributed by atoms with Crippen molar-refractivity contribution in [2.45, 2.75) is 17.1 Å². The SMILES string of the molecule is C[C@@H]1CN(CC(=O)N2CCN(c3cccc(Cl)c3)CC2)c2ccccc2S1. The molecule has 2 aromatic rings. The van der Waals surface area contributed by atoms with Crippen LogP contribution >= 0.6 is 23.4 Å².